The first-order chi connectivity index (χ1) is 14.5. The summed E-state index contributed by atoms with van der Waals surface area (Å²) in [4.78, 5) is 29.3. The van der Waals surface area contributed by atoms with Crippen LogP contribution in [0.3, 0.4) is 0 Å². The molecular formula is C22H18FN3O3S. The normalized spacial score (nSPS) is 10.9. The highest BCUT2D eigenvalue weighted by molar-refractivity contribution is 7.22. The molecule has 0 bridgehead atoms. The van der Waals surface area contributed by atoms with Crippen LogP contribution in [0.1, 0.15) is 22.8 Å². The molecule has 0 fully saturated rings. The molecule has 0 saturated heterocycles. The van der Waals surface area contributed by atoms with Crippen LogP contribution in [0, 0.1) is 5.82 Å². The van der Waals surface area contributed by atoms with Crippen LogP contribution in [0.4, 0.5) is 9.52 Å². The summed E-state index contributed by atoms with van der Waals surface area (Å²) in [6.07, 6.45) is 1.42. The maximum Gasteiger partial charge on any atom is 0.258 e. The van der Waals surface area contributed by atoms with E-state index in [-0.39, 0.29) is 17.7 Å². The van der Waals surface area contributed by atoms with Crippen LogP contribution in [-0.4, -0.2) is 22.1 Å². The minimum absolute atomic E-state index is 0.0357. The lowest BCUT2D eigenvalue weighted by atomic mass is 10.2. The number of amides is 1. The fraction of sp³-hybridized carbons (Fsp3) is 0.136. The Kier molecular flexibility index (Phi) is 5.58. The van der Waals surface area contributed by atoms with Gasteiger partial charge in [0, 0.05) is 17.8 Å². The number of aromatic nitrogens is 2. The van der Waals surface area contributed by atoms with E-state index in [0.717, 1.165) is 16.0 Å². The van der Waals surface area contributed by atoms with Gasteiger partial charge in [0.1, 0.15) is 11.6 Å². The summed E-state index contributed by atoms with van der Waals surface area (Å²) < 4.78 is 21.6. The Morgan fingerprint density at radius 2 is 2.03 bits per heavy atom. The van der Waals surface area contributed by atoms with E-state index in [1.165, 1.54) is 40.3 Å². The standard InChI is InChI=1S/C22H18FN3O3S/c1-2-29-16-8-9-18-19(11-16)30-22(24-18)25-21(28)15-7-10-20(27)26(13-15)12-14-5-3-4-6-17(14)23/h3-11,13H,2,12H2,1H3,(H,24,25,28). The summed E-state index contributed by atoms with van der Waals surface area (Å²) in [5.41, 5.74) is 1.08. The molecule has 4 rings (SSSR count). The fourth-order valence-electron chi connectivity index (χ4n) is 2.98. The van der Waals surface area contributed by atoms with Crippen molar-refractivity contribution < 1.29 is 13.9 Å². The van der Waals surface area contributed by atoms with Crippen LogP contribution in [-0.2, 0) is 6.54 Å². The van der Waals surface area contributed by atoms with Gasteiger partial charge < -0.3 is 9.30 Å². The second-order valence-corrected chi connectivity index (χ2v) is 7.54. The zero-order valence-electron chi connectivity index (χ0n) is 16.1. The largest absolute Gasteiger partial charge is 0.494 e. The van der Waals surface area contributed by atoms with Crippen molar-refractivity contribution >= 4 is 32.6 Å². The van der Waals surface area contributed by atoms with Gasteiger partial charge in [0.05, 0.1) is 28.9 Å². The first kappa shape index (κ1) is 19.8. The van der Waals surface area contributed by atoms with Crippen LogP contribution in [0.25, 0.3) is 10.2 Å². The molecule has 1 amide bonds. The molecule has 6 nitrogen and oxygen atoms in total. The van der Waals surface area contributed by atoms with Crippen molar-refractivity contribution in [2.75, 3.05) is 11.9 Å². The predicted octanol–water partition coefficient (Wildman–Crippen LogP) is 4.30. The molecule has 0 radical (unpaired) electrons. The third kappa shape index (κ3) is 4.23. The second-order valence-electron chi connectivity index (χ2n) is 6.51. The van der Waals surface area contributed by atoms with Gasteiger partial charge in [-0.3, -0.25) is 14.9 Å². The Balaban J connectivity index is 1.55. The zero-order chi connectivity index (χ0) is 21.1. The number of carbonyl (C=O) groups is 1. The molecule has 2 aromatic heterocycles. The zero-order valence-corrected chi connectivity index (χ0v) is 16.9. The lowest BCUT2D eigenvalue weighted by molar-refractivity contribution is 0.102. The maximum absolute atomic E-state index is 13.9. The van der Waals surface area contributed by atoms with Crippen molar-refractivity contribution in [1.82, 2.24) is 9.55 Å². The molecule has 0 aliphatic rings. The number of anilines is 1. The van der Waals surface area contributed by atoms with E-state index in [9.17, 15) is 14.0 Å². The van der Waals surface area contributed by atoms with Crippen LogP contribution < -0.4 is 15.6 Å². The molecule has 0 aliphatic carbocycles. The number of hydrogen-bond donors (Lipinski definition) is 1. The SMILES string of the molecule is CCOc1ccc2nc(NC(=O)c3ccc(=O)n(Cc4ccccc4F)c3)sc2c1. The van der Waals surface area contributed by atoms with Crippen LogP contribution in [0.2, 0.25) is 0 Å². The number of hydrogen-bond acceptors (Lipinski definition) is 5. The van der Waals surface area contributed by atoms with Crippen LogP contribution in [0.15, 0.2) is 65.6 Å². The molecule has 0 aliphatic heterocycles. The smallest absolute Gasteiger partial charge is 0.258 e. The van der Waals surface area contributed by atoms with E-state index >= 15 is 0 Å². The Labute approximate surface area is 175 Å². The summed E-state index contributed by atoms with van der Waals surface area (Å²) in [6.45, 7) is 2.51. The van der Waals surface area contributed by atoms with Crippen molar-refractivity contribution in [1.29, 1.82) is 0 Å². The highest BCUT2D eigenvalue weighted by Gasteiger charge is 2.13. The van der Waals surface area contributed by atoms with Gasteiger partial charge in [0.2, 0.25) is 0 Å². The van der Waals surface area contributed by atoms with Gasteiger partial charge in [0.15, 0.2) is 5.13 Å². The Morgan fingerprint density at radius 1 is 1.20 bits per heavy atom. The van der Waals surface area contributed by atoms with E-state index < -0.39 is 11.7 Å². The molecule has 2 heterocycles. The summed E-state index contributed by atoms with van der Waals surface area (Å²) in [7, 11) is 0. The van der Waals surface area contributed by atoms with Crippen molar-refractivity contribution in [3.63, 3.8) is 0 Å². The van der Waals surface area contributed by atoms with Gasteiger partial charge in [-0.05, 0) is 37.3 Å². The van der Waals surface area contributed by atoms with Crippen LogP contribution >= 0.6 is 11.3 Å². The first-order valence-electron chi connectivity index (χ1n) is 9.32. The van der Waals surface area contributed by atoms with Crippen molar-refractivity contribution in [2.45, 2.75) is 13.5 Å². The molecule has 4 aromatic rings. The van der Waals surface area contributed by atoms with Gasteiger partial charge in [-0.15, -0.1) is 0 Å². The van der Waals surface area contributed by atoms with Gasteiger partial charge >= 0.3 is 0 Å². The number of thiazole rings is 1. The van der Waals surface area contributed by atoms with Gasteiger partial charge in [-0.1, -0.05) is 29.5 Å². The summed E-state index contributed by atoms with van der Waals surface area (Å²) in [5.74, 6) is -0.0618. The van der Waals surface area contributed by atoms with Crippen molar-refractivity contribution in [3.05, 3.63) is 88.1 Å². The number of nitrogens with zero attached hydrogens (tertiary/aromatic N) is 2. The van der Waals surface area contributed by atoms with E-state index in [4.69, 9.17) is 4.74 Å². The molecule has 0 unspecified atom stereocenters. The van der Waals surface area contributed by atoms with Crippen molar-refractivity contribution in [2.24, 2.45) is 0 Å². The second kappa shape index (κ2) is 8.46. The Morgan fingerprint density at radius 3 is 2.83 bits per heavy atom. The summed E-state index contributed by atoms with van der Waals surface area (Å²) in [5, 5.41) is 3.20. The lowest BCUT2D eigenvalue weighted by Crippen LogP contribution is -2.23. The molecule has 30 heavy (non-hydrogen) atoms. The first-order valence-corrected chi connectivity index (χ1v) is 10.1. The highest BCUT2D eigenvalue weighted by atomic mass is 32.1. The van der Waals surface area contributed by atoms with E-state index in [2.05, 4.69) is 10.3 Å². The molecule has 8 heteroatoms. The van der Waals surface area contributed by atoms with Gasteiger partial charge in [0.25, 0.3) is 11.5 Å². The lowest BCUT2D eigenvalue weighted by Gasteiger charge is -2.09. The predicted molar refractivity (Wildman–Crippen MR) is 115 cm³/mol. The maximum atomic E-state index is 13.9. The molecule has 0 spiro atoms. The average molecular weight is 423 g/mol. The summed E-state index contributed by atoms with van der Waals surface area (Å²) >= 11 is 1.33. The number of fused-ring (bicyclic) bond motifs is 1. The number of rotatable bonds is 6. The Hall–Kier alpha value is -3.52. The van der Waals surface area contributed by atoms with E-state index in [0.29, 0.717) is 17.3 Å². The number of carbonyl (C=O) groups excluding carboxylic acids is 1. The molecular weight excluding hydrogens is 405 g/mol. The molecule has 0 saturated carbocycles. The number of nitrogens with one attached hydrogen (secondary N) is 1. The topological polar surface area (TPSA) is 73.2 Å². The monoisotopic (exact) mass is 423 g/mol. The number of ether oxygens (including phenoxy) is 1. The molecule has 0 atom stereocenters. The minimum atomic E-state index is -0.403. The number of pyridine rings is 1. The highest BCUT2D eigenvalue weighted by Crippen LogP contribution is 2.29. The van der Waals surface area contributed by atoms with Gasteiger partial charge in [-0.2, -0.15) is 0 Å². The fourth-order valence-corrected chi connectivity index (χ4v) is 3.87. The Bertz CT molecular complexity index is 1280. The average Bonchev–Trinajstić information content (AvgIpc) is 3.13. The van der Waals surface area contributed by atoms with E-state index in [1.807, 2.05) is 25.1 Å². The minimum Gasteiger partial charge on any atom is -0.494 e. The molecule has 1 N–H and O–H groups in total. The third-order valence-electron chi connectivity index (χ3n) is 4.44. The molecule has 152 valence electrons. The number of benzene rings is 2. The third-order valence-corrected chi connectivity index (χ3v) is 5.37. The quantitative estimate of drug-likeness (QED) is 0.502. The number of halogens is 1. The van der Waals surface area contributed by atoms with Crippen molar-refractivity contribution in [3.8, 4) is 5.75 Å². The van der Waals surface area contributed by atoms with Gasteiger partial charge in [-0.25, -0.2) is 9.37 Å². The van der Waals surface area contributed by atoms with E-state index in [1.54, 1.807) is 18.2 Å². The van der Waals surface area contributed by atoms with Crippen LogP contribution in [0.5, 0.6) is 5.75 Å². The summed E-state index contributed by atoms with van der Waals surface area (Å²) in [6, 6.07) is 14.5. The molecule has 2 aromatic carbocycles.